The van der Waals surface area contributed by atoms with Crippen LogP contribution in [-0.4, -0.2) is 10.9 Å². The predicted octanol–water partition coefficient (Wildman–Crippen LogP) is 4.41. The van der Waals surface area contributed by atoms with Crippen molar-refractivity contribution in [3.8, 4) is 0 Å². The van der Waals surface area contributed by atoms with E-state index in [1.54, 1.807) is 17.6 Å². The van der Waals surface area contributed by atoms with Crippen molar-refractivity contribution in [1.29, 1.82) is 0 Å². The molecule has 1 aromatic carbocycles. The van der Waals surface area contributed by atoms with E-state index < -0.39 is 0 Å². The van der Waals surface area contributed by atoms with Crippen LogP contribution in [0.4, 0.5) is 0 Å². The van der Waals surface area contributed by atoms with Gasteiger partial charge >= 0.3 is 0 Å². The predicted molar refractivity (Wildman–Crippen MR) is 95.1 cm³/mol. The molecule has 2 heterocycles. The number of hydrogen-bond donors (Lipinski definition) is 1. The van der Waals surface area contributed by atoms with Crippen LogP contribution in [0.15, 0.2) is 41.0 Å². The summed E-state index contributed by atoms with van der Waals surface area (Å²) in [6.07, 6.45) is 6.99. The molecule has 0 saturated carbocycles. The minimum atomic E-state index is 0.113. The highest BCUT2D eigenvalue weighted by molar-refractivity contribution is 7.18. The Labute approximate surface area is 144 Å². The molecule has 2 aromatic heterocycles. The van der Waals surface area contributed by atoms with E-state index in [-0.39, 0.29) is 11.9 Å². The lowest BCUT2D eigenvalue weighted by atomic mass is 9.93. The second-order valence-corrected chi connectivity index (χ2v) is 7.36. The fourth-order valence-corrected chi connectivity index (χ4v) is 4.34. The lowest BCUT2D eigenvalue weighted by Crippen LogP contribution is -2.30. The molecule has 1 aliphatic carbocycles. The van der Waals surface area contributed by atoms with E-state index in [0.29, 0.717) is 6.42 Å². The number of hydrogen-bond acceptors (Lipinski definition) is 4. The van der Waals surface area contributed by atoms with E-state index in [2.05, 4.69) is 16.4 Å². The number of nitrogens with zero attached hydrogens (tertiary/aromatic N) is 1. The highest BCUT2D eigenvalue weighted by atomic mass is 32.1. The summed E-state index contributed by atoms with van der Waals surface area (Å²) < 4.78 is 6.69. The van der Waals surface area contributed by atoms with Gasteiger partial charge in [-0.2, -0.15) is 0 Å². The van der Waals surface area contributed by atoms with Gasteiger partial charge in [0, 0.05) is 18.4 Å². The third-order valence-corrected chi connectivity index (χ3v) is 5.62. The van der Waals surface area contributed by atoms with Crippen LogP contribution in [0.25, 0.3) is 10.2 Å². The molecule has 0 spiro atoms. The van der Waals surface area contributed by atoms with Gasteiger partial charge in [-0.25, -0.2) is 4.98 Å². The zero-order chi connectivity index (χ0) is 16.4. The number of carbonyl (C=O) groups excluding carboxylic acids is 1. The Morgan fingerprint density at radius 3 is 3.17 bits per heavy atom. The van der Waals surface area contributed by atoms with Crippen molar-refractivity contribution in [1.82, 2.24) is 10.3 Å². The quantitative estimate of drug-likeness (QED) is 0.749. The molecule has 4 rings (SSSR count). The summed E-state index contributed by atoms with van der Waals surface area (Å²) in [7, 11) is 0. The van der Waals surface area contributed by atoms with Gasteiger partial charge in [0.05, 0.1) is 27.5 Å². The molecule has 124 valence electrons. The molecule has 1 atom stereocenters. The molecule has 0 saturated heterocycles. The molecular formula is C19H20N2O2S. The van der Waals surface area contributed by atoms with Crippen molar-refractivity contribution in [2.75, 3.05) is 0 Å². The molecule has 5 heteroatoms. The van der Waals surface area contributed by atoms with Gasteiger partial charge in [-0.15, -0.1) is 11.3 Å². The van der Waals surface area contributed by atoms with Crippen molar-refractivity contribution in [3.05, 3.63) is 52.9 Å². The van der Waals surface area contributed by atoms with Crippen LogP contribution < -0.4 is 5.32 Å². The molecule has 1 N–H and O–H groups in total. The lowest BCUT2D eigenvalue weighted by Gasteiger charge is -2.22. The summed E-state index contributed by atoms with van der Waals surface area (Å²) in [6, 6.07) is 10.3. The first-order valence-electron chi connectivity index (χ1n) is 8.50. The van der Waals surface area contributed by atoms with E-state index in [9.17, 15) is 4.79 Å². The highest BCUT2D eigenvalue weighted by Gasteiger charge is 2.23. The minimum Gasteiger partial charge on any atom is -0.469 e. The number of benzene rings is 1. The number of aryl methyl sites for hydroxylation is 2. The fraction of sp³-hybridized carbons (Fsp3) is 0.368. The topological polar surface area (TPSA) is 55.1 Å². The summed E-state index contributed by atoms with van der Waals surface area (Å²) in [5.41, 5.74) is 2.21. The first-order valence-corrected chi connectivity index (χ1v) is 9.31. The van der Waals surface area contributed by atoms with E-state index in [1.807, 2.05) is 24.3 Å². The van der Waals surface area contributed by atoms with Gasteiger partial charge in [-0.1, -0.05) is 12.1 Å². The van der Waals surface area contributed by atoms with Crippen molar-refractivity contribution >= 4 is 27.5 Å². The smallest absolute Gasteiger partial charge is 0.220 e. The molecule has 0 aliphatic heterocycles. The molecule has 0 radical (unpaired) electrons. The number of furan rings is 1. The number of carbonyl (C=O) groups is 1. The number of para-hydroxylation sites is 1. The maximum atomic E-state index is 12.2. The van der Waals surface area contributed by atoms with Crippen LogP contribution >= 0.6 is 11.3 Å². The molecule has 0 bridgehead atoms. The Kier molecular flexibility index (Phi) is 4.34. The van der Waals surface area contributed by atoms with Gasteiger partial charge in [0.2, 0.25) is 5.91 Å². The molecular weight excluding hydrogens is 320 g/mol. The molecule has 1 aliphatic rings. The Morgan fingerprint density at radius 2 is 2.25 bits per heavy atom. The molecule has 1 amide bonds. The average molecular weight is 340 g/mol. The largest absolute Gasteiger partial charge is 0.469 e. The maximum absolute atomic E-state index is 12.2. The van der Waals surface area contributed by atoms with Gasteiger partial charge in [0.25, 0.3) is 0 Å². The van der Waals surface area contributed by atoms with E-state index in [0.717, 1.165) is 54.0 Å². The molecule has 0 fully saturated rings. The first kappa shape index (κ1) is 15.4. The Bertz CT molecular complexity index is 819. The third kappa shape index (κ3) is 3.22. The minimum absolute atomic E-state index is 0.113. The van der Waals surface area contributed by atoms with E-state index in [1.165, 1.54) is 4.70 Å². The monoisotopic (exact) mass is 340 g/mol. The number of fused-ring (bicyclic) bond motifs is 2. The summed E-state index contributed by atoms with van der Waals surface area (Å²) in [5, 5.41) is 4.27. The molecule has 24 heavy (non-hydrogen) atoms. The molecule has 1 unspecified atom stereocenters. The third-order valence-electron chi connectivity index (χ3n) is 4.52. The number of rotatable bonds is 5. The van der Waals surface area contributed by atoms with Gasteiger partial charge in [-0.3, -0.25) is 4.79 Å². The van der Waals surface area contributed by atoms with Gasteiger partial charge in [0.1, 0.15) is 5.76 Å². The van der Waals surface area contributed by atoms with Crippen LogP contribution in [0.5, 0.6) is 0 Å². The highest BCUT2D eigenvalue weighted by Crippen LogP contribution is 2.30. The van der Waals surface area contributed by atoms with Gasteiger partial charge in [-0.05, 0) is 43.9 Å². The standard InChI is InChI=1S/C19H20N2O2S/c22-18(20-14-6-3-7-16-13(14)11-12-23-16)9-4-10-19-21-15-5-1-2-8-17(15)24-19/h1-2,5,8,11-12,14H,3-4,6-7,9-10H2,(H,20,22). The lowest BCUT2D eigenvalue weighted by molar-refractivity contribution is -0.122. The molecule has 4 nitrogen and oxygen atoms in total. The number of amides is 1. The summed E-state index contributed by atoms with van der Waals surface area (Å²) in [6.45, 7) is 0. The van der Waals surface area contributed by atoms with E-state index in [4.69, 9.17) is 4.42 Å². The first-order chi connectivity index (χ1) is 11.8. The van der Waals surface area contributed by atoms with Crippen LogP contribution in [-0.2, 0) is 17.6 Å². The summed E-state index contributed by atoms with van der Waals surface area (Å²) >= 11 is 1.72. The second-order valence-electron chi connectivity index (χ2n) is 6.24. The van der Waals surface area contributed by atoms with Crippen molar-refractivity contribution in [2.45, 2.75) is 44.6 Å². The van der Waals surface area contributed by atoms with Crippen LogP contribution in [0.2, 0.25) is 0 Å². The Balaban J connectivity index is 1.30. The zero-order valence-electron chi connectivity index (χ0n) is 13.5. The maximum Gasteiger partial charge on any atom is 0.220 e. The second kappa shape index (κ2) is 6.77. The molecule has 3 aromatic rings. The number of aromatic nitrogens is 1. The number of thiazole rings is 1. The SMILES string of the molecule is O=C(CCCc1nc2ccccc2s1)NC1CCCc2occc21. The average Bonchev–Trinajstić information content (AvgIpc) is 3.21. The Morgan fingerprint density at radius 1 is 1.33 bits per heavy atom. The van der Waals surface area contributed by atoms with Crippen LogP contribution in [0, 0.1) is 0 Å². The zero-order valence-corrected chi connectivity index (χ0v) is 14.3. The summed E-state index contributed by atoms with van der Waals surface area (Å²) in [5.74, 6) is 1.15. The Hall–Kier alpha value is -2.14. The van der Waals surface area contributed by atoms with Crippen LogP contribution in [0.3, 0.4) is 0 Å². The fourth-order valence-electron chi connectivity index (χ4n) is 3.33. The normalized spacial score (nSPS) is 16.9. The van der Waals surface area contributed by atoms with Crippen molar-refractivity contribution in [2.24, 2.45) is 0 Å². The van der Waals surface area contributed by atoms with Gasteiger partial charge < -0.3 is 9.73 Å². The number of nitrogens with one attached hydrogen (secondary N) is 1. The van der Waals surface area contributed by atoms with Crippen LogP contribution in [0.1, 0.15) is 48.1 Å². The van der Waals surface area contributed by atoms with Gasteiger partial charge in [0.15, 0.2) is 0 Å². The van der Waals surface area contributed by atoms with E-state index >= 15 is 0 Å². The van der Waals surface area contributed by atoms with Crippen molar-refractivity contribution in [3.63, 3.8) is 0 Å². The van der Waals surface area contributed by atoms with Crippen molar-refractivity contribution < 1.29 is 9.21 Å². The summed E-state index contributed by atoms with van der Waals surface area (Å²) in [4.78, 5) is 16.9.